The molecule has 0 heterocycles. The Hall–Kier alpha value is -1.89. The Labute approximate surface area is 327 Å². The summed E-state index contributed by atoms with van der Waals surface area (Å²) >= 11 is 0. The molecule has 0 radical (unpaired) electrons. The molecule has 24 heteroatoms. The first-order valence-corrected chi connectivity index (χ1v) is 10.3. The maximum absolute atomic E-state index is 9.83. The summed E-state index contributed by atoms with van der Waals surface area (Å²) in [5.74, 6) is -6.14. The van der Waals surface area contributed by atoms with Crippen LogP contribution in [0.5, 0.6) is 0 Å². The number of ether oxygens (including phenoxy) is 3. The molecule has 0 aliphatic carbocycles. The van der Waals surface area contributed by atoms with E-state index in [2.05, 4.69) is 14.2 Å². The molecular weight excluding hydrogens is 651 g/mol. The second-order valence-electron chi connectivity index (χ2n) is 5.45. The first-order valence-electron chi connectivity index (χ1n) is 10.3. The van der Waals surface area contributed by atoms with Crippen LogP contribution in [0.1, 0.15) is 41.5 Å². The number of methoxy groups -OCH3 is 3. The van der Waals surface area contributed by atoms with Crippen LogP contribution >= 0.6 is 0 Å². The van der Waals surface area contributed by atoms with Gasteiger partial charge in [-0.15, -0.1) is 0 Å². The van der Waals surface area contributed by atoms with Crippen LogP contribution in [0.25, 0.3) is 0 Å². The number of rotatable bonds is 3. The van der Waals surface area contributed by atoms with Gasteiger partial charge >= 0.3 is 107 Å². The molecule has 21 nitrogen and oxygen atoms in total. The van der Waals surface area contributed by atoms with Crippen molar-refractivity contribution in [2.24, 2.45) is 17.2 Å². The number of carbonyl (C=O) groups is 9. The Bertz CT molecular complexity index is 570. The average Bonchev–Trinajstić information content (AvgIpc) is 2.81. The van der Waals surface area contributed by atoms with Gasteiger partial charge < -0.3 is 62.1 Å². The van der Waals surface area contributed by atoms with Crippen molar-refractivity contribution in [3.8, 4) is 0 Å². The fraction of sp³-hybridized carbons (Fsp3) is 0.571. The topological polar surface area (TPSA) is 381 Å². The SMILES string of the molecule is CC(=O)O.CC(=O)O.CC(=O)O.CC(=O)O.CC(=O)O.CC(=O)O.COC(=O)CN.COC(=O)CN.COC(=O)CN.[NaH].[NaH].[NaH]. The van der Waals surface area contributed by atoms with Crippen molar-refractivity contribution in [1.29, 1.82) is 0 Å². The van der Waals surface area contributed by atoms with Crippen molar-refractivity contribution in [3.05, 3.63) is 0 Å². The van der Waals surface area contributed by atoms with Crippen LogP contribution in [0.15, 0.2) is 0 Å². The number of hydrogen-bond acceptors (Lipinski definition) is 15. The summed E-state index contributed by atoms with van der Waals surface area (Å²) in [5.41, 5.74) is 14.4. The van der Waals surface area contributed by atoms with E-state index in [1.165, 1.54) is 21.3 Å². The second kappa shape index (κ2) is 73.5. The first-order chi connectivity index (χ1) is 18.8. The summed E-state index contributed by atoms with van der Waals surface area (Å²) in [6.07, 6.45) is 0. The molecule has 0 amide bonds. The molecule has 12 N–H and O–H groups in total. The second-order valence-corrected chi connectivity index (χ2v) is 5.45. The van der Waals surface area contributed by atoms with Gasteiger partial charge in [-0.1, -0.05) is 0 Å². The van der Waals surface area contributed by atoms with Crippen LogP contribution in [0, 0.1) is 0 Å². The monoisotopic (exact) mass is 699 g/mol. The molecule has 0 rings (SSSR count). The minimum atomic E-state index is -0.833. The number of nitrogens with two attached hydrogens (primary N) is 3. The number of hydrogen-bond donors (Lipinski definition) is 9. The molecular formula is C21H48N3Na3O18. The summed E-state index contributed by atoms with van der Waals surface area (Å²) in [6.45, 7) is 6.41. The van der Waals surface area contributed by atoms with E-state index in [1.54, 1.807) is 0 Å². The summed E-state index contributed by atoms with van der Waals surface area (Å²) in [5, 5.41) is 44.5. The zero-order valence-electron chi connectivity index (χ0n) is 24.9. The molecule has 0 atom stereocenters. The summed E-state index contributed by atoms with van der Waals surface area (Å²) < 4.78 is 12.4. The van der Waals surface area contributed by atoms with E-state index in [0.29, 0.717) is 0 Å². The molecule has 0 aromatic carbocycles. The van der Waals surface area contributed by atoms with E-state index in [0.717, 1.165) is 41.5 Å². The Balaban J connectivity index is -0.0000000272. The molecule has 0 aliphatic heterocycles. The standard InChI is InChI=1S/3C3H7NO2.6C2H4O2.3Na.3H/c3*1-6-3(5)2-4;6*1-2(3)4;;;;;;/h3*2,4H2,1H3;6*1H3,(H,3,4);;;;;;. The van der Waals surface area contributed by atoms with Gasteiger partial charge in [0.1, 0.15) is 0 Å². The molecule has 0 bridgehead atoms. The molecule has 0 spiro atoms. The minimum absolute atomic E-state index is 0. The van der Waals surface area contributed by atoms with Gasteiger partial charge in [0.15, 0.2) is 0 Å². The van der Waals surface area contributed by atoms with Gasteiger partial charge in [0.05, 0.1) is 41.0 Å². The predicted octanol–water partition coefficient (Wildman–Crippen LogP) is -4.05. The predicted molar refractivity (Wildman–Crippen MR) is 165 cm³/mol. The van der Waals surface area contributed by atoms with Gasteiger partial charge in [0.2, 0.25) is 0 Å². The van der Waals surface area contributed by atoms with Crippen LogP contribution in [0.4, 0.5) is 0 Å². The number of carboxylic acid groups (broad SMARTS) is 6. The van der Waals surface area contributed by atoms with Crippen molar-refractivity contribution in [1.82, 2.24) is 0 Å². The molecule has 0 saturated carbocycles. The number of carbonyl (C=O) groups excluding carboxylic acids is 3. The summed E-state index contributed by atoms with van der Waals surface area (Å²) in [6, 6.07) is 0. The van der Waals surface area contributed by atoms with Crippen molar-refractivity contribution < 1.29 is 88.0 Å². The van der Waals surface area contributed by atoms with Crippen molar-refractivity contribution in [2.75, 3.05) is 41.0 Å². The fourth-order valence-corrected chi connectivity index (χ4v) is 0.250. The van der Waals surface area contributed by atoms with Crippen LogP contribution < -0.4 is 17.2 Å². The molecule has 0 saturated heterocycles. The molecule has 0 unspecified atom stereocenters. The van der Waals surface area contributed by atoms with Gasteiger partial charge in [-0.3, -0.25) is 43.2 Å². The van der Waals surface area contributed by atoms with Gasteiger partial charge in [0, 0.05) is 41.5 Å². The third-order valence-corrected chi connectivity index (χ3v) is 1.18. The Morgan fingerprint density at radius 1 is 0.378 bits per heavy atom. The molecule has 45 heavy (non-hydrogen) atoms. The number of carboxylic acids is 6. The third kappa shape index (κ3) is 663. The van der Waals surface area contributed by atoms with Gasteiger partial charge in [-0.2, -0.15) is 0 Å². The zero-order chi connectivity index (χ0) is 36.4. The van der Waals surface area contributed by atoms with Crippen molar-refractivity contribution in [2.45, 2.75) is 41.5 Å². The Morgan fingerprint density at radius 2 is 0.444 bits per heavy atom. The third-order valence-electron chi connectivity index (χ3n) is 1.18. The zero-order valence-corrected chi connectivity index (χ0v) is 24.9. The molecule has 0 aliphatic rings. The quantitative estimate of drug-likeness (QED) is 0.0768. The molecule has 0 aromatic heterocycles. The van der Waals surface area contributed by atoms with Gasteiger partial charge in [-0.25, -0.2) is 0 Å². The van der Waals surface area contributed by atoms with Crippen LogP contribution in [-0.2, 0) is 57.4 Å². The van der Waals surface area contributed by atoms with Crippen LogP contribution in [0.3, 0.4) is 0 Å². The van der Waals surface area contributed by atoms with Crippen LogP contribution in [0.2, 0.25) is 0 Å². The van der Waals surface area contributed by atoms with E-state index in [1.807, 2.05) is 0 Å². The Kier molecular flexibility index (Phi) is 129. The van der Waals surface area contributed by atoms with E-state index in [4.69, 9.17) is 76.6 Å². The first kappa shape index (κ1) is 79.0. The molecule has 0 aromatic rings. The van der Waals surface area contributed by atoms with E-state index in [-0.39, 0.29) is 126 Å². The van der Waals surface area contributed by atoms with Crippen LogP contribution in [-0.4, -0.2) is 214 Å². The molecule has 0 fully saturated rings. The fourth-order valence-electron chi connectivity index (χ4n) is 0.250. The normalized spacial score (nSPS) is 6.40. The average molecular weight is 700 g/mol. The van der Waals surface area contributed by atoms with Gasteiger partial charge in [-0.05, 0) is 0 Å². The summed E-state index contributed by atoms with van der Waals surface area (Å²) in [4.78, 5) is 83.5. The van der Waals surface area contributed by atoms with E-state index < -0.39 is 35.8 Å². The van der Waals surface area contributed by atoms with Crippen molar-refractivity contribution >= 4 is 142 Å². The van der Waals surface area contributed by atoms with E-state index >= 15 is 0 Å². The Morgan fingerprint density at radius 3 is 0.444 bits per heavy atom. The maximum atomic E-state index is 9.83. The number of aliphatic carboxylic acids is 6. The molecule has 258 valence electrons. The van der Waals surface area contributed by atoms with Gasteiger partial charge in [0.25, 0.3) is 35.8 Å². The number of esters is 3. The van der Waals surface area contributed by atoms with Crippen molar-refractivity contribution in [3.63, 3.8) is 0 Å². The van der Waals surface area contributed by atoms with E-state index in [9.17, 15) is 14.4 Å². The summed E-state index contributed by atoms with van der Waals surface area (Å²) in [7, 11) is 3.90.